The van der Waals surface area contributed by atoms with Crippen LogP contribution in [0.3, 0.4) is 0 Å². The van der Waals surface area contributed by atoms with E-state index in [4.69, 9.17) is 10.6 Å². The van der Waals surface area contributed by atoms with Crippen molar-refractivity contribution in [1.29, 1.82) is 0 Å². The van der Waals surface area contributed by atoms with Gasteiger partial charge in [-0.2, -0.15) is 0 Å². The van der Waals surface area contributed by atoms with E-state index in [1.165, 1.54) is 23.8 Å². The molecule has 0 aliphatic carbocycles. The number of carbonyl (C=O) groups excluding carboxylic acids is 2. The van der Waals surface area contributed by atoms with E-state index in [1.807, 2.05) is 6.92 Å². The maximum Gasteiger partial charge on any atom is 0.352 e. The van der Waals surface area contributed by atoms with E-state index in [1.54, 1.807) is 12.3 Å². The third-order valence-corrected chi connectivity index (χ3v) is 6.46. The molecule has 0 saturated carbocycles. The summed E-state index contributed by atoms with van der Waals surface area (Å²) in [6, 6.07) is -0.870. The maximum absolute atomic E-state index is 12.6. The molecule has 0 aromatic carbocycles. The molecule has 1 aromatic heterocycles. The second kappa shape index (κ2) is 7.19. The van der Waals surface area contributed by atoms with Crippen molar-refractivity contribution in [3.05, 3.63) is 22.3 Å². The molecule has 1 aromatic rings. The summed E-state index contributed by atoms with van der Waals surface area (Å²) >= 11 is 2.55. The van der Waals surface area contributed by atoms with Gasteiger partial charge in [-0.1, -0.05) is 5.16 Å². The molecule has 144 valence electrons. The highest BCUT2D eigenvalue weighted by Crippen LogP contribution is 2.43. The van der Waals surface area contributed by atoms with Gasteiger partial charge in [-0.05, 0) is 19.4 Å². The number of β-lactam (4-membered cyclic amide) rings is 1. The molecule has 2 aliphatic heterocycles. The molecule has 1 saturated heterocycles. The van der Waals surface area contributed by atoms with Crippen molar-refractivity contribution in [1.82, 2.24) is 15.2 Å². The molecule has 2 unspecified atom stereocenters. The summed E-state index contributed by atoms with van der Waals surface area (Å²) in [6.45, 7) is 3.55. The number of amides is 2. The van der Waals surface area contributed by atoms with Gasteiger partial charge in [-0.25, -0.2) is 9.78 Å². The lowest BCUT2D eigenvalue weighted by Gasteiger charge is -2.50. The molecule has 0 spiro atoms. The number of carboxylic acids is 1. The molecule has 3 atom stereocenters. The van der Waals surface area contributed by atoms with E-state index in [2.05, 4.69) is 15.5 Å². The largest absolute Gasteiger partial charge is 0.477 e. The van der Waals surface area contributed by atoms with E-state index < -0.39 is 29.2 Å². The minimum Gasteiger partial charge on any atom is -0.477 e. The van der Waals surface area contributed by atoms with Crippen LogP contribution in [0.2, 0.25) is 0 Å². The van der Waals surface area contributed by atoms with Crippen LogP contribution in [-0.2, 0) is 19.2 Å². The van der Waals surface area contributed by atoms with Crippen molar-refractivity contribution in [3.63, 3.8) is 0 Å². The van der Waals surface area contributed by atoms with Crippen LogP contribution in [0, 0.1) is 0 Å². The molecule has 1 fully saturated rings. The van der Waals surface area contributed by atoms with Gasteiger partial charge in [0.1, 0.15) is 29.9 Å². The lowest BCUT2D eigenvalue weighted by atomic mass is 10.0. The highest BCUT2D eigenvalue weighted by atomic mass is 32.2. The number of carbonyl (C=O) groups is 3. The van der Waals surface area contributed by atoms with E-state index in [-0.39, 0.29) is 27.5 Å². The van der Waals surface area contributed by atoms with Crippen molar-refractivity contribution in [2.24, 2.45) is 5.16 Å². The monoisotopic (exact) mass is 411 g/mol. The summed E-state index contributed by atoms with van der Waals surface area (Å²) in [5, 5.41) is 16.9. The molecule has 3 rings (SSSR count). The third-order valence-electron chi connectivity index (χ3n) is 4.26. The van der Waals surface area contributed by atoms with Gasteiger partial charge in [0, 0.05) is 10.6 Å². The molecule has 0 bridgehead atoms. The number of rotatable bonds is 5. The van der Waals surface area contributed by atoms with Gasteiger partial charge in [0.25, 0.3) is 11.8 Å². The number of hydrogen-bond donors (Lipinski definition) is 3. The number of carboxylic acid groups (broad SMARTS) is 1. The first kappa shape index (κ1) is 19.2. The van der Waals surface area contributed by atoms with E-state index in [9.17, 15) is 19.5 Å². The lowest BCUT2D eigenvalue weighted by Crippen LogP contribution is -2.71. The standard InChI is InChI=1S/C15H17N5O5S2/c1-5-6(2)27-13-9(12(22)20(13)10(5)14(23)24)18-11(21)8(19-25-3)7-4-26-15(16)17-7/h4,6,9,13H,1-3H3,(H2,16,17)(H,18,21)(H,23,24)/t6?,9?,13-/m1/s1. The molecule has 10 nitrogen and oxygen atoms in total. The van der Waals surface area contributed by atoms with Crippen LogP contribution in [0.15, 0.2) is 21.8 Å². The average molecular weight is 411 g/mol. The molecule has 2 aliphatic rings. The number of aromatic nitrogens is 1. The first-order chi connectivity index (χ1) is 12.8. The highest BCUT2D eigenvalue weighted by molar-refractivity contribution is 8.00. The number of oxime groups is 1. The smallest absolute Gasteiger partial charge is 0.352 e. The summed E-state index contributed by atoms with van der Waals surface area (Å²) in [5.41, 5.74) is 6.29. The van der Waals surface area contributed by atoms with Crippen molar-refractivity contribution in [2.45, 2.75) is 30.5 Å². The van der Waals surface area contributed by atoms with E-state index in [0.717, 1.165) is 11.3 Å². The second-order valence-corrected chi connectivity index (χ2v) is 8.21. The summed E-state index contributed by atoms with van der Waals surface area (Å²) in [5.74, 6) is -2.31. The normalized spacial score (nSPS) is 25.0. The Bertz CT molecular complexity index is 880. The fourth-order valence-electron chi connectivity index (χ4n) is 2.84. The number of aliphatic carboxylic acids is 1. The molecule has 2 amide bonds. The average Bonchev–Trinajstić information content (AvgIpc) is 3.05. The summed E-state index contributed by atoms with van der Waals surface area (Å²) in [6.07, 6.45) is 0. The number of thiazole rings is 1. The molecule has 0 radical (unpaired) electrons. The summed E-state index contributed by atoms with van der Waals surface area (Å²) in [7, 11) is 1.28. The van der Waals surface area contributed by atoms with Gasteiger partial charge in [-0.15, -0.1) is 23.1 Å². The Morgan fingerprint density at radius 1 is 1.48 bits per heavy atom. The number of nitrogen functional groups attached to an aromatic ring is 1. The minimum absolute atomic E-state index is 0.0280. The lowest BCUT2D eigenvalue weighted by molar-refractivity contribution is -0.150. The SMILES string of the molecule is CON=C(C(=O)NC1C(=O)N2C(C(=O)O)=C(C)C(C)S[C@H]12)c1csc(N)n1. The Hall–Kier alpha value is -2.60. The first-order valence-electron chi connectivity index (χ1n) is 7.82. The predicted octanol–water partition coefficient (Wildman–Crippen LogP) is 0.223. The number of nitrogens with one attached hydrogen (secondary N) is 1. The number of anilines is 1. The third kappa shape index (κ3) is 3.25. The van der Waals surface area contributed by atoms with Gasteiger partial charge in [-0.3, -0.25) is 14.5 Å². The first-order valence-corrected chi connectivity index (χ1v) is 9.64. The molecule has 3 heterocycles. The van der Waals surface area contributed by atoms with Crippen LogP contribution >= 0.6 is 23.1 Å². The quantitative estimate of drug-likeness (QED) is 0.354. The van der Waals surface area contributed by atoms with Crippen molar-refractivity contribution in [2.75, 3.05) is 12.8 Å². The Morgan fingerprint density at radius 2 is 2.19 bits per heavy atom. The van der Waals surface area contributed by atoms with Crippen LogP contribution in [0.25, 0.3) is 0 Å². The highest BCUT2D eigenvalue weighted by Gasteiger charge is 2.55. The Labute approximate surface area is 162 Å². The fourth-order valence-corrected chi connectivity index (χ4v) is 4.80. The number of hydrogen-bond acceptors (Lipinski definition) is 9. The van der Waals surface area contributed by atoms with E-state index >= 15 is 0 Å². The summed E-state index contributed by atoms with van der Waals surface area (Å²) in [4.78, 5) is 46.6. The zero-order chi connectivity index (χ0) is 19.9. The van der Waals surface area contributed by atoms with Gasteiger partial charge < -0.3 is 21.0 Å². The number of nitrogens with zero attached hydrogens (tertiary/aromatic N) is 3. The Balaban J connectivity index is 1.81. The van der Waals surface area contributed by atoms with Crippen molar-refractivity contribution in [3.8, 4) is 0 Å². The topological polar surface area (TPSA) is 147 Å². The van der Waals surface area contributed by atoms with Gasteiger partial charge >= 0.3 is 5.97 Å². The zero-order valence-electron chi connectivity index (χ0n) is 14.6. The number of nitrogens with two attached hydrogens (primary N) is 1. The van der Waals surface area contributed by atoms with Crippen molar-refractivity contribution < 1.29 is 24.3 Å². The maximum atomic E-state index is 12.6. The van der Waals surface area contributed by atoms with Crippen LogP contribution < -0.4 is 11.1 Å². The number of thioether (sulfide) groups is 1. The predicted molar refractivity (Wildman–Crippen MR) is 100 cm³/mol. The molecule has 27 heavy (non-hydrogen) atoms. The van der Waals surface area contributed by atoms with Crippen LogP contribution in [-0.4, -0.2) is 62.3 Å². The van der Waals surface area contributed by atoms with Crippen LogP contribution in [0.1, 0.15) is 19.5 Å². The Kier molecular flexibility index (Phi) is 5.11. The molecule has 12 heteroatoms. The van der Waals surface area contributed by atoms with Crippen LogP contribution in [0.4, 0.5) is 5.13 Å². The second-order valence-electron chi connectivity index (χ2n) is 5.86. The molecular weight excluding hydrogens is 394 g/mol. The van der Waals surface area contributed by atoms with Gasteiger partial charge in [0.05, 0.1) is 0 Å². The van der Waals surface area contributed by atoms with E-state index in [0.29, 0.717) is 5.57 Å². The zero-order valence-corrected chi connectivity index (χ0v) is 16.3. The minimum atomic E-state index is -1.16. The fraction of sp³-hybridized carbons (Fsp3) is 0.400. The van der Waals surface area contributed by atoms with Gasteiger partial charge in [0.2, 0.25) is 0 Å². The molecular formula is C15H17N5O5S2. The number of fused-ring (bicyclic) bond motifs is 1. The summed E-state index contributed by atoms with van der Waals surface area (Å²) < 4.78 is 0. The molecule has 4 N–H and O–H groups in total. The Morgan fingerprint density at radius 3 is 2.74 bits per heavy atom. The van der Waals surface area contributed by atoms with Crippen LogP contribution in [0.5, 0.6) is 0 Å². The van der Waals surface area contributed by atoms with Crippen molar-refractivity contribution >= 4 is 51.7 Å². The van der Waals surface area contributed by atoms with Gasteiger partial charge in [0.15, 0.2) is 10.8 Å².